The van der Waals surface area contributed by atoms with Crippen LogP contribution in [0.25, 0.3) is 0 Å². The van der Waals surface area contributed by atoms with E-state index in [9.17, 15) is 0 Å². The van der Waals surface area contributed by atoms with E-state index in [4.69, 9.17) is 14.6 Å². The van der Waals surface area contributed by atoms with Crippen LogP contribution in [-0.2, 0) is 9.47 Å². The summed E-state index contributed by atoms with van der Waals surface area (Å²) < 4.78 is 10.4. The van der Waals surface area contributed by atoms with Gasteiger partial charge in [-0.1, -0.05) is 0 Å². The molecule has 1 rings (SSSR count). The van der Waals surface area contributed by atoms with Crippen molar-refractivity contribution in [3.63, 3.8) is 0 Å². The van der Waals surface area contributed by atoms with Crippen molar-refractivity contribution in [2.75, 3.05) is 19.8 Å². The number of hydrogen-bond acceptors (Lipinski definition) is 3. The minimum absolute atomic E-state index is 0.122. The fraction of sp³-hybridized carbons (Fsp3) is 1.00. The first-order chi connectivity index (χ1) is 4.27. The largest absolute Gasteiger partial charge is 0.396 e. The van der Waals surface area contributed by atoms with Crippen LogP contribution in [0.3, 0.4) is 0 Å². The summed E-state index contributed by atoms with van der Waals surface area (Å²) in [6.07, 6.45) is 0.562. The van der Waals surface area contributed by atoms with E-state index < -0.39 is 5.79 Å². The van der Waals surface area contributed by atoms with E-state index in [-0.39, 0.29) is 6.61 Å². The molecule has 54 valence electrons. The molecule has 1 aliphatic rings. The Bertz CT molecular complexity index is 86.3. The summed E-state index contributed by atoms with van der Waals surface area (Å²) in [7, 11) is 0. The van der Waals surface area contributed by atoms with E-state index in [0.29, 0.717) is 19.6 Å². The zero-order valence-corrected chi connectivity index (χ0v) is 5.59. The van der Waals surface area contributed by atoms with Gasteiger partial charge in [0, 0.05) is 13.0 Å². The molecule has 0 aliphatic carbocycles. The van der Waals surface area contributed by atoms with Gasteiger partial charge in [0.25, 0.3) is 0 Å². The number of rotatable bonds is 2. The summed E-state index contributed by atoms with van der Waals surface area (Å²) in [5.74, 6) is -0.505. The molecule has 0 aromatic heterocycles. The van der Waals surface area contributed by atoms with Crippen molar-refractivity contribution in [1.82, 2.24) is 0 Å². The van der Waals surface area contributed by atoms with E-state index in [1.807, 2.05) is 6.92 Å². The van der Waals surface area contributed by atoms with Crippen molar-refractivity contribution >= 4 is 0 Å². The van der Waals surface area contributed by atoms with Crippen LogP contribution in [0.1, 0.15) is 13.3 Å². The highest BCUT2D eigenvalue weighted by molar-refractivity contribution is 4.66. The zero-order chi connectivity index (χ0) is 6.74. The first-order valence-electron chi connectivity index (χ1n) is 3.16. The molecule has 0 atom stereocenters. The van der Waals surface area contributed by atoms with Crippen LogP contribution in [0.2, 0.25) is 0 Å². The highest BCUT2D eigenvalue weighted by atomic mass is 16.7. The molecule has 1 N–H and O–H groups in total. The van der Waals surface area contributed by atoms with Crippen LogP contribution >= 0.6 is 0 Å². The fourth-order valence-corrected chi connectivity index (χ4v) is 0.904. The molecule has 0 bridgehead atoms. The second-order valence-corrected chi connectivity index (χ2v) is 2.30. The predicted octanol–water partition coefficient (Wildman–Crippen LogP) is 0.132. The monoisotopic (exact) mass is 132 g/mol. The Morgan fingerprint density at radius 1 is 1.44 bits per heavy atom. The van der Waals surface area contributed by atoms with Crippen LogP contribution in [0.5, 0.6) is 0 Å². The van der Waals surface area contributed by atoms with Gasteiger partial charge in [-0.2, -0.15) is 0 Å². The van der Waals surface area contributed by atoms with Crippen molar-refractivity contribution in [2.45, 2.75) is 19.1 Å². The van der Waals surface area contributed by atoms with Crippen LogP contribution in [0.15, 0.2) is 0 Å². The summed E-state index contributed by atoms with van der Waals surface area (Å²) in [6.45, 7) is 3.26. The Kier molecular flexibility index (Phi) is 2.05. The van der Waals surface area contributed by atoms with Gasteiger partial charge in [-0.05, 0) is 6.92 Å². The molecule has 0 aromatic rings. The minimum Gasteiger partial charge on any atom is -0.396 e. The Hall–Kier alpha value is -0.120. The van der Waals surface area contributed by atoms with Gasteiger partial charge in [-0.15, -0.1) is 0 Å². The molecule has 1 fully saturated rings. The summed E-state index contributed by atoms with van der Waals surface area (Å²) in [5, 5.41) is 8.53. The maximum absolute atomic E-state index is 8.53. The Labute approximate surface area is 54.6 Å². The fourth-order valence-electron chi connectivity index (χ4n) is 0.904. The second-order valence-electron chi connectivity index (χ2n) is 2.30. The molecule has 1 heterocycles. The quantitative estimate of drug-likeness (QED) is 0.580. The Balaban J connectivity index is 2.32. The van der Waals surface area contributed by atoms with Gasteiger partial charge in [-0.25, -0.2) is 0 Å². The Morgan fingerprint density at radius 2 is 2.00 bits per heavy atom. The summed E-state index contributed by atoms with van der Waals surface area (Å²) in [4.78, 5) is 0. The molecule has 0 saturated carbocycles. The third-order valence-corrected chi connectivity index (χ3v) is 1.46. The van der Waals surface area contributed by atoms with E-state index in [1.165, 1.54) is 0 Å². The van der Waals surface area contributed by atoms with Gasteiger partial charge in [0.05, 0.1) is 13.2 Å². The lowest BCUT2D eigenvalue weighted by Gasteiger charge is -2.20. The predicted molar refractivity (Wildman–Crippen MR) is 32.0 cm³/mol. The lowest BCUT2D eigenvalue weighted by molar-refractivity contribution is -0.152. The minimum atomic E-state index is -0.505. The van der Waals surface area contributed by atoms with Gasteiger partial charge in [0.2, 0.25) is 0 Å². The van der Waals surface area contributed by atoms with Gasteiger partial charge in [0.15, 0.2) is 5.79 Å². The summed E-state index contributed by atoms with van der Waals surface area (Å²) >= 11 is 0. The molecule has 3 heteroatoms. The molecule has 3 nitrogen and oxygen atoms in total. The smallest absolute Gasteiger partial charge is 0.167 e. The molecular weight excluding hydrogens is 120 g/mol. The Morgan fingerprint density at radius 3 is 2.44 bits per heavy atom. The number of hydrogen-bond donors (Lipinski definition) is 1. The maximum Gasteiger partial charge on any atom is 0.167 e. The van der Waals surface area contributed by atoms with Crippen molar-refractivity contribution < 1.29 is 14.6 Å². The van der Waals surface area contributed by atoms with Crippen LogP contribution in [0, 0.1) is 0 Å². The van der Waals surface area contributed by atoms with E-state index in [1.54, 1.807) is 0 Å². The first-order valence-corrected chi connectivity index (χ1v) is 3.16. The molecule has 0 aromatic carbocycles. The number of ether oxygens (including phenoxy) is 2. The van der Waals surface area contributed by atoms with Crippen molar-refractivity contribution in [3.05, 3.63) is 0 Å². The average molecular weight is 132 g/mol. The van der Waals surface area contributed by atoms with E-state index in [2.05, 4.69) is 0 Å². The molecule has 0 unspecified atom stereocenters. The number of aliphatic hydroxyl groups is 1. The van der Waals surface area contributed by atoms with Gasteiger partial charge < -0.3 is 14.6 Å². The standard InChI is InChI=1S/C6H12O3/c1-6(2-3-7)8-4-5-9-6/h7H,2-5H2,1H3. The lowest BCUT2D eigenvalue weighted by Crippen LogP contribution is -2.26. The molecule has 1 saturated heterocycles. The van der Waals surface area contributed by atoms with Gasteiger partial charge in [0.1, 0.15) is 0 Å². The molecule has 9 heavy (non-hydrogen) atoms. The average Bonchev–Trinajstić information content (AvgIpc) is 2.16. The topological polar surface area (TPSA) is 38.7 Å². The van der Waals surface area contributed by atoms with Crippen molar-refractivity contribution in [2.24, 2.45) is 0 Å². The number of aliphatic hydroxyl groups excluding tert-OH is 1. The maximum atomic E-state index is 8.53. The molecule has 0 spiro atoms. The highest BCUT2D eigenvalue weighted by Crippen LogP contribution is 2.21. The van der Waals surface area contributed by atoms with Crippen LogP contribution < -0.4 is 0 Å². The molecule has 0 radical (unpaired) electrons. The summed E-state index contributed by atoms with van der Waals surface area (Å²) in [6, 6.07) is 0. The van der Waals surface area contributed by atoms with E-state index in [0.717, 1.165) is 0 Å². The van der Waals surface area contributed by atoms with Gasteiger partial charge >= 0.3 is 0 Å². The third kappa shape index (κ3) is 1.64. The van der Waals surface area contributed by atoms with E-state index >= 15 is 0 Å². The third-order valence-electron chi connectivity index (χ3n) is 1.46. The molecule has 0 amide bonds. The zero-order valence-electron chi connectivity index (χ0n) is 5.59. The van der Waals surface area contributed by atoms with Crippen LogP contribution in [0.4, 0.5) is 0 Å². The lowest BCUT2D eigenvalue weighted by atomic mass is 10.2. The second kappa shape index (κ2) is 2.64. The highest BCUT2D eigenvalue weighted by Gasteiger charge is 2.29. The first kappa shape index (κ1) is 6.99. The normalized spacial score (nSPS) is 24.7. The van der Waals surface area contributed by atoms with Crippen molar-refractivity contribution in [3.8, 4) is 0 Å². The summed E-state index contributed by atoms with van der Waals surface area (Å²) in [5.41, 5.74) is 0. The van der Waals surface area contributed by atoms with Gasteiger partial charge in [-0.3, -0.25) is 0 Å². The van der Waals surface area contributed by atoms with Crippen LogP contribution in [-0.4, -0.2) is 30.7 Å². The van der Waals surface area contributed by atoms with Crippen molar-refractivity contribution in [1.29, 1.82) is 0 Å². The molecular formula is C6H12O3. The SMILES string of the molecule is CC1(CCO)OCCO1. The molecule has 1 aliphatic heterocycles.